The van der Waals surface area contributed by atoms with Gasteiger partial charge in [0.1, 0.15) is 0 Å². The monoisotopic (exact) mass is 171 g/mol. The van der Waals surface area contributed by atoms with E-state index in [2.05, 4.69) is 27.4 Å². The highest BCUT2D eigenvalue weighted by molar-refractivity contribution is 7.77. The lowest BCUT2D eigenvalue weighted by molar-refractivity contribution is 0.245. The predicted molar refractivity (Wildman–Crippen MR) is 49.0 cm³/mol. The summed E-state index contributed by atoms with van der Waals surface area (Å²) in [6.45, 7) is 3.09. The van der Waals surface area contributed by atoms with Crippen molar-refractivity contribution in [3.63, 3.8) is 0 Å². The Balaban J connectivity index is 1.96. The summed E-state index contributed by atoms with van der Waals surface area (Å²) in [5, 5.41) is 3.34. The molecule has 2 heterocycles. The van der Waals surface area contributed by atoms with Crippen LogP contribution in [0.25, 0.3) is 0 Å². The number of hydrogen-bond acceptors (Lipinski definition) is 4. The topological polar surface area (TPSA) is 27.6 Å². The maximum absolute atomic E-state index is 4.30. The zero-order valence-electron chi connectivity index (χ0n) is 6.45. The van der Waals surface area contributed by atoms with Crippen molar-refractivity contribution in [3.8, 4) is 0 Å². The van der Waals surface area contributed by atoms with Crippen LogP contribution in [-0.2, 0) is 0 Å². The van der Waals surface area contributed by atoms with Crippen LogP contribution in [0.5, 0.6) is 0 Å². The van der Waals surface area contributed by atoms with E-state index < -0.39 is 0 Å². The second kappa shape index (κ2) is 2.68. The summed E-state index contributed by atoms with van der Waals surface area (Å²) in [4.78, 5) is 4.21. The molecular weight excluding hydrogens is 158 g/mol. The van der Waals surface area contributed by atoms with Gasteiger partial charge >= 0.3 is 0 Å². The third kappa shape index (κ3) is 1.37. The van der Waals surface area contributed by atoms with Crippen LogP contribution in [0, 0.1) is 0 Å². The fourth-order valence-electron chi connectivity index (χ4n) is 1.67. The molecule has 4 heteroatoms. The molecule has 0 aliphatic carbocycles. The van der Waals surface area contributed by atoms with E-state index in [1.54, 1.807) is 0 Å². The van der Waals surface area contributed by atoms with Gasteiger partial charge in [-0.15, -0.1) is 0 Å². The summed E-state index contributed by atoms with van der Waals surface area (Å²) < 4.78 is 2.07. The average Bonchev–Trinajstić information content (AvgIpc) is 2.45. The van der Waals surface area contributed by atoms with Crippen LogP contribution in [0.2, 0.25) is 0 Å². The Hall–Kier alpha value is -0.220. The Kier molecular flexibility index (Phi) is 1.81. The minimum atomic E-state index is 0.291. The van der Waals surface area contributed by atoms with Crippen molar-refractivity contribution in [3.05, 3.63) is 0 Å². The minimum absolute atomic E-state index is 0.291. The molecule has 2 rings (SSSR count). The third-order valence-corrected chi connectivity index (χ3v) is 2.95. The van der Waals surface area contributed by atoms with Gasteiger partial charge in [-0.25, -0.2) is 0 Å². The summed E-state index contributed by atoms with van der Waals surface area (Å²) >= 11 is 4.30. The second-order valence-corrected chi connectivity index (χ2v) is 3.91. The van der Waals surface area contributed by atoms with Crippen molar-refractivity contribution < 1.29 is 0 Å². The molecule has 0 aromatic rings. The highest BCUT2D eigenvalue weighted by Gasteiger charge is 2.34. The van der Waals surface area contributed by atoms with Gasteiger partial charge in [-0.3, -0.25) is 9.30 Å². The lowest BCUT2D eigenvalue weighted by atomic mass is 9.89. The van der Waals surface area contributed by atoms with E-state index in [1.807, 2.05) is 6.34 Å². The SMILES string of the molecule is SN1CCC2(CC1)CN=CN2. The van der Waals surface area contributed by atoms with Crippen LogP contribution in [0.4, 0.5) is 0 Å². The molecule has 1 N–H and O–H groups in total. The normalized spacial score (nSPS) is 29.2. The predicted octanol–water partition coefficient (Wildman–Crippen LogP) is 0.297. The van der Waals surface area contributed by atoms with Crippen LogP contribution in [0.1, 0.15) is 12.8 Å². The molecule has 11 heavy (non-hydrogen) atoms. The Labute approximate surface area is 72.4 Å². The molecule has 0 bridgehead atoms. The maximum atomic E-state index is 4.30. The molecule has 0 saturated carbocycles. The molecule has 3 nitrogen and oxygen atoms in total. The van der Waals surface area contributed by atoms with Gasteiger partial charge in [0.05, 0.1) is 18.4 Å². The largest absolute Gasteiger partial charge is 0.369 e. The first-order valence-corrected chi connectivity index (χ1v) is 4.41. The summed E-state index contributed by atoms with van der Waals surface area (Å²) in [5.74, 6) is 0. The molecule has 62 valence electrons. The van der Waals surface area contributed by atoms with Crippen molar-refractivity contribution in [2.45, 2.75) is 18.4 Å². The van der Waals surface area contributed by atoms with Gasteiger partial charge in [0.2, 0.25) is 0 Å². The Morgan fingerprint density at radius 3 is 2.73 bits per heavy atom. The summed E-state index contributed by atoms with van der Waals surface area (Å²) in [5.41, 5.74) is 0.291. The number of nitrogens with zero attached hydrogens (tertiary/aromatic N) is 2. The third-order valence-electron chi connectivity index (χ3n) is 2.55. The molecule has 1 saturated heterocycles. The average molecular weight is 171 g/mol. The standard InChI is InChI=1S/C7H13N3S/c11-10-3-1-7(2-4-10)5-8-6-9-7/h6,11H,1-5H2,(H,8,9). The molecule has 1 spiro atoms. The molecular formula is C7H13N3S. The van der Waals surface area contributed by atoms with Crippen LogP contribution in [-0.4, -0.2) is 35.8 Å². The fraction of sp³-hybridized carbons (Fsp3) is 0.857. The maximum Gasteiger partial charge on any atom is 0.0829 e. The van der Waals surface area contributed by atoms with Gasteiger partial charge in [-0.2, -0.15) is 0 Å². The first-order chi connectivity index (χ1) is 5.31. The number of thiol groups is 1. The van der Waals surface area contributed by atoms with E-state index >= 15 is 0 Å². The number of nitrogens with one attached hydrogen (secondary N) is 1. The molecule has 0 aromatic carbocycles. The zero-order valence-corrected chi connectivity index (χ0v) is 7.35. The van der Waals surface area contributed by atoms with E-state index in [9.17, 15) is 0 Å². The van der Waals surface area contributed by atoms with Crippen LogP contribution < -0.4 is 5.32 Å². The number of aliphatic imine (C=N–C) groups is 1. The van der Waals surface area contributed by atoms with Gasteiger partial charge in [-0.1, -0.05) is 12.8 Å². The van der Waals surface area contributed by atoms with Crippen LogP contribution in [0.3, 0.4) is 0 Å². The Morgan fingerprint density at radius 2 is 2.18 bits per heavy atom. The van der Waals surface area contributed by atoms with Gasteiger partial charge in [-0.05, 0) is 12.8 Å². The first kappa shape index (κ1) is 7.43. The summed E-state index contributed by atoms with van der Waals surface area (Å²) in [6, 6.07) is 0. The van der Waals surface area contributed by atoms with Crippen molar-refractivity contribution in [1.82, 2.24) is 9.62 Å². The summed E-state index contributed by atoms with van der Waals surface area (Å²) in [6.07, 6.45) is 4.17. The fourth-order valence-corrected chi connectivity index (χ4v) is 1.87. The lowest BCUT2D eigenvalue weighted by Gasteiger charge is -2.36. The van der Waals surface area contributed by atoms with Gasteiger partial charge in [0.25, 0.3) is 0 Å². The molecule has 0 atom stereocenters. The minimum Gasteiger partial charge on any atom is -0.369 e. The van der Waals surface area contributed by atoms with Crippen LogP contribution >= 0.6 is 12.8 Å². The molecule has 0 amide bonds. The Bertz CT molecular complexity index is 163. The Morgan fingerprint density at radius 1 is 1.45 bits per heavy atom. The lowest BCUT2D eigenvalue weighted by Crippen LogP contribution is -2.50. The van der Waals surface area contributed by atoms with E-state index in [1.165, 1.54) is 0 Å². The second-order valence-electron chi connectivity index (χ2n) is 3.35. The van der Waals surface area contributed by atoms with Gasteiger partial charge < -0.3 is 5.32 Å². The van der Waals surface area contributed by atoms with Crippen molar-refractivity contribution in [1.29, 1.82) is 0 Å². The van der Waals surface area contributed by atoms with Crippen molar-refractivity contribution in [2.75, 3.05) is 19.6 Å². The molecule has 1 fully saturated rings. The number of hydrogen-bond donors (Lipinski definition) is 2. The molecule has 2 aliphatic rings. The molecule has 2 aliphatic heterocycles. The first-order valence-electron chi connectivity index (χ1n) is 4.01. The van der Waals surface area contributed by atoms with Gasteiger partial charge in [0, 0.05) is 13.1 Å². The molecule has 0 radical (unpaired) electrons. The van der Waals surface area contributed by atoms with Gasteiger partial charge in [0.15, 0.2) is 0 Å². The summed E-state index contributed by atoms with van der Waals surface area (Å²) in [7, 11) is 0. The molecule has 0 aromatic heterocycles. The smallest absolute Gasteiger partial charge is 0.0829 e. The quantitative estimate of drug-likeness (QED) is 0.513. The highest BCUT2D eigenvalue weighted by Crippen LogP contribution is 2.24. The van der Waals surface area contributed by atoms with Crippen molar-refractivity contribution in [2.24, 2.45) is 4.99 Å². The van der Waals surface area contributed by atoms with E-state index in [-0.39, 0.29) is 0 Å². The number of piperidine rings is 1. The number of rotatable bonds is 0. The zero-order chi connectivity index (χ0) is 7.73. The van der Waals surface area contributed by atoms with E-state index in [0.717, 1.165) is 32.5 Å². The van der Waals surface area contributed by atoms with E-state index in [4.69, 9.17) is 0 Å². The molecule has 0 unspecified atom stereocenters. The van der Waals surface area contributed by atoms with Crippen molar-refractivity contribution >= 4 is 19.2 Å². The van der Waals surface area contributed by atoms with Crippen LogP contribution in [0.15, 0.2) is 4.99 Å². The van der Waals surface area contributed by atoms with E-state index in [0.29, 0.717) is 5.54 Å². The highest BCUT2D eigenvalue weighted by atomic mass is 32.1.